The van der Waals surface area contributed by atoms with Gasteiger partial charge in [-0.1, -0.05) is 20.8 Å². The molecule has 0 aromatic carbocycles. The van der Waals surface area contributed by atoms with Gasteiger partial charge in [-0.25, -0.2) is 8.78 Å². The van der Waals surface area contributed by atoms with E-state index in [4.69, 9.17) is 16.7 Å². The van der Waals surface area contributed by atoms with Crippen LogP contribution in [0.3, 0.4) is 0 Å². The number of hydrogen-bond donors (Lipinski definition) is 2. The van der Waals surface area contributed by atoms with Crippen molar-refractivity contribution in [1.29, 1.82) is 0 Å². The minimum absolute atomic E-state index is 0.0130. The van der Waals surface area contributed by atoms with Crippen molar-refractivity contribution in [3.8, 4) is 0 Å². The second-order valence-corrected chi connectivity index (χ2v) is 7.39. The lowest BCUT2D eigenvalue weighted by Gasteiger charge is -2.20. The summed E-state index contributed by atoms with van der Waals surface area (Å²) < 4.78 is 26.0. The molecule has 0 saturated heterocycles. The lowest BCUT2D eigenvalue weighted by Crippen LogP contribution is -2.09. The van der Waals surface area contributed by atoms with Crippen molar-refractivity contribution >= 4 is 11.6 Å². The Bertz CT molecular complexity index is 681. The number of alkyl halides is 1. The standard InChI is InChI=1S/C12H18FNO.C7H7ClFNO/c1-12(2,3)6-4-11(15)9-5-7-14-8-10(9)13;8-3-7(11)5-1-2-10-4-6(5)9/h5,7-8,11,15H,4,6H2,1-3H3;1-2,4,7,11H,3H2/t11-;7-/m00/s1. The quantitative estimate of drug-likeness (QED) is 0.738. The molecule has 144 valence electrons. The fourth-order valence-corrected chi connectivity index (χ4v) is 2.29. The Hall–Kier alpha value is -1.63. The van der Waals surface area contributed by atoms with E-state index in [-0.39, 0.29) is 16.9 Å². The van der Waals surface area contributed by atoms with Crippen LogP contribution in [0.2, 0.25) is 0 Å². The Labute approximate surface area is 157 Å². The van der Waals surface area contributed by atoms with Gasteiger partial charge in [0.1, 0.15) is 11.6 Å². The van der Waals surface area contributed by atoms with Crippen LogP contribution in [0.25, 0.3) is 0 Å². The predicted molar refractivity (Wildman–Crippen MR) is 97.7 cm³/mol. The van der Waals surface area contributed by atoms with Crippen molar-refractivity contribution < 1.29 is 19.0 Å². The molecule has 4 nitrogen and oxygen atoms in total. The van der Waals surface area contributed by atoms with Crippen LogP contribution < -0.4 is 0 Å². The van der Waals surface area contributed by atoms with E-state index in [0.717, 1.165) is 18.8 Å². The topological polar surface area (TPSA) is 66.2 Å². The first-order chi connectivity index (χ1) is 12.2. The highest BCUT2D eigenvalue weighted by Crippen LogP contribution is 2.27. The highest BCUT2D eigenvalue weighted by molar-refractivity contribution is 6.18. The molecule has 2 N–H and O–H groups in total. The van der Waals surface area contributed by atoms with Crippen LogP contribution in [0, 0.1) is 17.0 Å². The zero-order chi connectivity index (χ0) is 19.7. The van der Waals surface area contributed by atoms with Gasteiger partial charge in [-0.2, -0.15) is 0 Å². The summed E-state index contributed by atoms with van der Waals surface area (Å²) in [4.78, 5) is 7.18. The number of aliphatic hydroxyl groups excluding tert-OH is 2. The highest BCUT2D eigenvalue weighted by Gasteiger charge is 2.17. The van der Waals surface area contributed by atoms with Gasteiger partial charge in [0.2, 0.25) is 0 Å². The maximum atomic E-state index is 13.2. The van der Waals surface area contributed by atoms with E-state index >= 15 is 0 Å². The van der Waals surface area contributed by atoms with Gasteiger partial charge in [-0.15, -0.1) is 11.6 Å². The van der Waals surface area contributed by atoms with Crippen molar-refractivity contribution in [2.24, 2.45) is 5.41 Å². The zero-order valence-corrected chi connectivity index (χ0v) is 15.9. The van der Waals surface area contributed by atoms with E-state index in [0.29, 0.717) is 12.0 Å². The van der Waals surface area contributed by atoms with Crippen LogP contribution in [0.5, 0.6) is 0 Å². The average Bonchev–Trinajstić information content (AvgIpc) is 2.60. The van der Waals surface area contributed by atoms with Crippen LogP contribution in [0.15, 0.2) is 36.9 Å². The molecule has 7 heteroatoms. The third-order valence-corrected chi connectivity index (χ3v) is 3.93. The van der Waals surface area contributed by atoms with Gasteiger partial charge in [0, 0.05) is 23.5 Å². The van der Waals surface area contributed by atoms with E-state index in [2.05, 4.69) is 30.7 Å². The summed E-state index contributed by atoms with van der Waals surface area (Å²) >= 11 is 5.32. The van der Waals surface area contributed by atoms with Gasteiger partial charge in [0.25, 0.3) is 0 Å². The van der Waals surface area contributed by atoms with Gasteiger partial charge in [0.05, 0.1) is 30.5 Å². The number of halogens is 3. The molecular formula is C19H25ClF2N2O2. The molecule has 0 aliphatic rings. The van der Waals surface area contributed by atoms with E-state index in [1.807, 2.05) is 0 Å². The largest absolute Gasteiger partial charge is 0.388 e. The SMILES string of the molecule is CC(C)(C)CC[C@H](O)c1ccncc1F.O[C@@H](CCl)c1ccncc1F. The predicted octanol–water partition coefficient (Wildman–Crippen LogP) is 4.57. The van der Waals surface area contributed by atoms with Gasteiger partial charge < -0.3 is 10.2 Å². The molecule has 2 aromatic rings. The van der Waals surface area contributed by atoms with Gasteiger partial charge in [-0.05, 0) is 30.4 Å². The van der Waals surface area contributed by atoms with Crippen molar-refractivity contribution in [1.82, 2.24) is 9.97 Å². The summed E-state index contributed by atoms with van der Waals surface area (Å²) in [6.45, 7) is 6.30. The smallest absolute Gasteiger partial charge is 0.147 e. The molecule has 0 bridgehead atoms. The minimum Gasteiger partial charge on any atom is -0.388 e. The number of rotatable bonds is 5. The first kappa shape index (κ1) is 22.4. The van der Waals surface area contributed by atoms with E-state index in [1.54, 1.807) is 0 Å². The van der Waals surface area contributed by atoms with E-state index in [1.165, 1.54) is 24.5 Å². The van der Waals surface area contributed by atoms with Crippen LogP contribution >= 0.6 is 11.6 Å². The van der Waals surface area contributed by atoms with Crippen LogP contribution in [-0.4, -0.2) is 26.1 Å². The van der Waals surface area contributed by atoms with Crippen molar-refractivity contribution in [3.05, 3.63) is 59.7 Å². The molecule has 2 atom stereocenters. The monoisotopic (exact) mass is 386 g/mol. The molecule has 0 unspecified atom stereocenters. The van der Waals surface area contributed by atoms with Gasteiger partial charge in [0.15, 0.2) is 0 Å². The number of pyridine rings is 2. The summed E-state index contributed by atoms with van der Waals surface area (Å²) in [6, 6.07) is 2.94. The minimum atomic E-state index is -0.945. The third kappa shape index (κ3) is 7.72. The molecule has 0 fully saturated rings. The molecular weight excluding hydrogens is 362 g/mol. The molecule has 0 radical (unpaired) electrons. The summed E-state index contributed by atoms with van der Waals surface area (Å²) in [7, 11) is 0. The fraction of sp³-hybridized carbons (Fsp3) is 0.474. The summed E-state index contributed by atoms with van der Waals surface area (Å²) in [5, 5.41) is 18.9. The summed E-state index contributed by atoms with van der Waals surface area (Å²) in [6.07, 6.45) is 4.85. The van der Waals surface area contributed by atoms with Crippen molar-refractivity contribution in [2.45, 2.75) is 45.8 Å². The molecule has 0 spiro atoms. The van der Waals surface area contributed by atoms with Crippen LogP contribution in [0.1, 0.15) is 56.9 Å². The molecule has 2 rings (SSSR count). The van der Waals surface area contributed by atoms with Crippen molar-refractivity contribution in [3.63, 3.8) is 0 Å². The second-order valence-electron chi connectivity index (χ2n) is 7.08. The first-order valence-corrected chi connectivity index (χ1v) is 8.80. The summed E-state index contributed by atoms with van der Waals surface area (Å²) in [5.41, 5.74) is 0.689. The number of nitrogens with zero attached hydrogens (tertiary/aromatic N) is 2. The van der Waals surface area contributed by atoms with Crippen molar-refractivity contribution in [2.75, 3.05) is 5.88 Å². The zero-order valence-electron chi connectivity index (χ0n) is 15.2. The molecule has 0 saturated carbocycles. The molecule has 2 heterocycles. The number of hydrogen-bond acceptors (Lipinski definition) is 4. The first-order valence-electron chi connectivity index (χ1n) is 8.26. The Morgan fingerprint density at radius 2 is 1.42 bits per heavy atom. The fourth-order valence-electron chi connectivity index (χ4n) is 2.12. The lowest BCUT2D eigenvalue weighted by molar-refractivity contribution is 0.143. The highest BCUT2D eigenvalue weighted by atomic mass is 35.5. The second kappa shape index (κ2) is 10.5. The maximum Gasteiger partial charge on any atom is 0.147 e. The molecule has 26 heavy (non-hydrogen) atoms. The number of aliphatic hydroxyl groups is 2. The van der Waals surface area contributed by atoms with Gasteiger partial charge >= 0.3 is 0 Å². The Morgan fingerprint density at radius 3 is 1.81 bits per heavy atom. The molecule has 0 aliphatic carbocycles. The normalized spacial score (nSPS) is 13.5. The molecule has 0 aliphatic heterocycles. The number of aromatic nitrogens is 2. The average molecular weight is 387 g/mol. The summed E-state index contributed by atoms with van der Waals surface area (Å²) in [5.74, 6) is -0.972. The Kier molecular flexibility index (Phi) is 9.05. The Morgan fingerprint density at radius 1 is 0.962 bits per heavy atom. The van der Waals surface area contributed by atoms with Crippen LogP contribution in [-0.2, 0) is 0 Å². The maximum absolute atomic E-state index is 13.2. The van der Waals surface area contributed by atoms with E-state index < -0.39 is 23.8 Å². The van der Waals surface area contributed by atoms with Crippen LogP contribution in [0.4, 0.5) is 8.78 Å². The molecule has 0 amide bonds. The lowest BCUT2D eigenvalue weighted by atomic mass is 9.88. The Balaban J connectivity index is 0.000000273. The third-order valence-electron chi connectivity index (χ3n) is 3.64. The van der Waals surface area contributed by atoms with Gasteiger partial charge in [-0.3, -0.25) is 9.97 Å². The van der Waals surface area contributed by atoms with E-state index in [9.17, 15) is 13.9 Å². The molecule has 2 aromatic heterocycles.